The van der Waals surface area contributed by atoms with Gasteiger partial charge in [-0.2, -0.15) is 0 Å². The average molecular weight is 140 g/mol. The topological polar surface area (TPSA) is 20.2 Å². The van der Waals surface area contributed by atoms with Crippen LogP contribution in [0.3, 0.4) is 0 Å². The Kier molecular flexibility index (Phi) is 3.52. The summed E-state index contributed by atoms with van der Waals surface area (Å²) in [6.45, 7) is 0.361. The second-order valence-corrected chi connectivity index (χ2v) is 3.03. The van der Waals surface area contributed by atoms with Crippen molar-refractivity contribution >= 4 is 0 Å². The molecule has 0 atom stereocenters. The van der Waals surface area contributed by atoms with E-state index in [0.29, 0.717) is 6.61 Å². The predicted octanol–water partition coefficient (Wildman–Crippen LogP) is 2.12. The zero-order valence-electron chi connectivity index (χ0n) is 6.42. The Morgan fingerprint density at radius 2 is 1.90 bits per heavy atom. The Bertz CT molecular complexity index is 99.3. The van der Waals surface area contributed by atoms with Crippen molar-refractivity contribution in [1.82, 2.24) is 0 Å². The van der Waals surface area contributed by atoms with Crippen LogP contribution < -0.4 is 0 Å². The molecular weight excluding hydrogens is 124 g/mol. The summed E-state index contributed by atoms with van der Waals surface area (Å²) >= 11 is 0. The highest BCUT2D eigenvalue weighted by atomic mass is 16.2. The van der Waals surface area contributed by atoms with Gasteiger partial charge in [0.05, 0.1) is 0 Å². The Morgan fingerprint density at radius 3 is 2.50 bits per heavy atom. The lowest BCUT2D eigenvalue weighted by atomic mass is 10.0. The molecule has 0 radical (unpaired) electrons. The summed E-state index contributed by atoms with van der Waals surface area (Å²) in [5.41, 5.74) is 0. The fraction of sp³-hybridized carbons (Fsp3) is 0.778. The third-order valence-electron chi connectivity index (χ3n) is 2.13. The minimum Gasteiger partial charge on any atom is -0.396 e. The molecule has 0 aromatic heterocycles. The first-order chi connectivity index (χ1) is 4.93. The van der Waals surface area contributed by atoms with Crippen LogP contribution in [0.2, 0.25) is 0 Å². The second kappa shape index (κ2) is 4.51. The molecule has 0 heterocycles. The summed E-state index contributed by atoms with van der Waals surface area (Å²) in [7, 11) is 0. The molecule has 58 valence electrons. The first-order valence-electron chi connectivity index (χ1n) is 4.19. The second-order valence-electron chi connectivity index (χ2n) is 3.03. The first kappa shape index (κ1) is 7.80. The number of hydrogen-bond acceptors (Lipinski definition) is 1. The molecule has 1 aliphatic rings. The van der Waals surface area contributed by atoms with Crippen LogP contribution >= 0.6 is 0 Å². The molecule has 0 aromatic rings. The molecule has 1 rings (SSSR count). The molecule has 0 fully saturated rings. The van der Waals surface area contributed by atoms with Gasteiger partial charge < -0.3 is 5.11 Å². The van der Waals surface area contributed by atoms with Gasteiger partial charge in [0.2, 0.25) is 0 Å². The van der Waals surface area contributed by atoms with Gasteiger partial charge in [0.1, 0.15) is 0 Å². The van der Waals surface area contributed by atoms with Gasteiger partial charge in [-0.1, -0.05) is 18.6 Å². The van der Waals surface area contributed by atoms with Crippen LogP contribution in [0.1, 0.15) is 32.1 Å². The Morgan fingerprint density at radius 1 is 1.20 bits per heavy atom. The largest absolute Gasteiger partial charge is 0.396 e. The summed E-state index contributed by atoms with van der Waals surface area (Å²) in [6.07, 6.45) is 10.6. The van der Waals surface area contributed by atoms with Gasteiger partial charge in [0, 0.05) is 6.61 Å². The SMILES string of the molecule is OCCCCC1CC=CC1. The van der Waals surface area contributed by atoms with Gasteiger partial charge in [-0.15, -0.1) is 0 Å². The third kappa shape index (κ3) is 2.53. The van der Waals surface area contributed by atoms with E-state index in [9.17, 15) is 0 Å². The molecular formula is C9H16O. The quantitative estimate of drug-likeness (QED) is 0.468. The molecule has 0 bridgehead atoms. The molecule has 0 saturated carbocycles. The zero-order valence-corrected chi connectivity index (χ0v) is 6.42. The van der Waals surface area contributed by atoms with Crippen LogP contribution in [0.5, 0.6) is 0 Å². The minimum absolute atomic E-state index is 0.361. The maximum Gasteiger partial charge on any atom is 0.0431 e. The van der Waals surface area contributed by atoms with Crippen LogP contribution in [-0.4, -0.2) is 11.7 Å². The molecule has 0 aromatic carbocycles. The smallest absolute Gasteiger partial charge is 0.0431 e. The Hall–Kier alpha value is -0.300. The molecule has 0 spiro atoms. The summed E-state index contributed by atoms with van der Waals surface area (Å²) in [5, 5.41) is 8.52. The number of unbranched alkanes of at least 4 members (excludes halogenated alkanes) is 1. The van der Waals surface area contributed by atoms with E-state index in [1.54, 1.807) is 0 Å². The maximum absolute atomic E-state index is 8.52. The van der Waals surface area contributed by atoms with Crippen LogP contribution in [0.15, 0.2) is 12.2 Å². The summed E-state index contributed by atoms with van der Waals surface area (Å²) in [6, 6.07) is 0. The van der Waals surface area contributed by atoms with Crippen molar-refractivity contribution in [3.05, 3.63) is 12.2 Å². The van der Waals surface area contributed by atoms with Gasteiger partial charge in [0.15, 0.2) is 0 Å². The van der Waals surface area contributed by atoms with E-state index in [-0.39, 0.29) is 0 Å². The number of aliphatic hydroxyl groups excluding tert-OH is 1. The van der Waals surface area contributed by atoms with Gasteiger partial charge >= 0.3 is 0 Å². The van der Waals surface area contributed by atoms with E-state index in [4.69, 9.17) is 5.11 Å². The van der Waals surface area contributed by atoms with Crippen molar-refractivity contribution in [2.45, 2.75) is 32.1 Å². The fourth-order valence-corrected chi connectivity index (χ4v) is 1.45. The molecule has 0 aliphatic heterocycles. The molecule has 10 heavy (non-hydrogen) atoms. The van der Waals surface area contributed by atoms with E-state index in [1.807, 2.05) is 0 Å². The number of allylic oxidation sites excluding steroid dienone is 2. The van der Waals surface area contributed by atoms with Crippen molar-refractivity contribution in [3.63, 3.8) is 0 Å². The lowest BCUT2D eigenvalue weighted by Crippen LogP contribution is -1.94. The number of hydrogen-bond donors (Lipinski definition) is 1. The third-order valence-corrected chi connectivity index (χ3v) is 2.13. The fourth-order valence-electron chi connectivity index (χ4n) is 1.45. The maximum atomic E-state index is 8.52. The van der Waals surface area contributed by atoms with Crippen molar-refractivity contribution in [2.75, 3.05) is 6.61 Å². The number of aliphatic hydroxyl groups is 1. The van der Waals surface area contributed by atoms with Gasteiger partial charge in [0.25, 0.3) is 0 Å². The zero-order chi connectivity index (χ0) is 7.23. The van der Waals surface area contributed by atoms with Crippen molar-refractivity contribution in [1.29, 1.82) is 0 Å². The lowest BCUT2D eigenvalue weighted by Gasteiger charge is -2.06. The molecule has 1 N–H and O–H groups in total. The highest BCUT2D eigenvalue weighted by Gasteiger charge is 2.08. The summed E-state index contributed by atoms with van der Waals surface area (Å²) in [5.74, 6) is 0.895. The van der Waals surface area contributed by atoms with Crippen molar-refractivity contribution in [3.8, 4) is 0 Å². The highest BCUT2D eigenvalue weighted by molar-refractivity contribution is 4.93. The summed E-state index contributed by atoms with van der Waals surface area (Å²) < 4.78 is 0. The van der Waals surface area contributed by atoms with Crippen LogP contribution in [0, 0.1) is 5.92 Å². The van der Waals surface area contributed by atoms with Gasteiger partial charge in [-0.05, 0) is 31.6 Å². The molecule has 1 aliphatic carbocycles. The first-order valence-corrected chi connectivity index (χ1v) is 4.19. The van der Waals surface area contributed by atoms with Gasteiger partial charge in [-0.3, -0.25) is 0 Å². The van der Waals surface area contributed by atoms with Crippen LogP contribution in [-0.2, 0) is 0 Å². The minimum atomic E-state index is 0.361. The highest BCUT2D eigenvalue weighted by Crippen LogP contribution is 2.22. The average Bonchev–Trinajstić information content (AvgIpc) is 2.41. The standard InChI is InChI=1S/C9H16O/c10-8-4-3-7-9-5-1-2-6-9/h1-2,9-10H,3-8H2. The van der Waals surface area contributed by atoms with E-state index >= 15 is 0 Å². The van der Waals surface area contributed by atoms with Crippen molar-refractivity contribution < 1.29 is 5.11 Å². The van der Waals surface area contributed by atoms with Gasteiger partial charge in [-0.25, -0.2) is 0 Å². The Balaban J connectivity index is 1.93. The molecule has 0 amide bonds. The van der Waals surface area contributed by atoms with E-state index < -0.39 is 0 Å². The molecule has 0 unspecified atom stereocenters. The summed E-state index contributed by atoms with van der Waals surface area (Å²) in [4.78, 5) is 0. The monoisotopic (exact) mass is 140 g/mol. The van der Waals surface area contributed by atoms with Crippen LogP contribution in [0.25, 0.3) is 0 Å². The molecule has 0 saturated heterocycles. The van der Waals surface area contributed by atoms with Crippen LogP contribution in [0.4, 0.5) is 0 Å². The van der Waals surface area contributed by atoms with E-state index in [1.165, 1.54) is 25.7 Å². The van der Waals surface area contributed by atoms with E-state index in [2.05, 4.69) is 12.2 Å². The Labute approximate surface area is 62.8 Å². The lowest BCUT2D eigenvalue weighted by molar-refractivity contribution is 0.278. The predicted molar refractivity (Wildman–Crippen MR) is 42.8 cm³/mol. The molecule has 1 nitrogen and oxygen atoms in total. The van der Waals surface area contributed by atoms with Crippen molar-refractivity contribution in [2.24, 2.45) is 5.92 Å². The normalized spacial score (nSPS) is 18.5. The van der Waals surface area contributed by atoms with E-state index in [0.717, 1.165) is 12.3 Å². The number of rotatable bonds is 4. The molecule has 1 heteroatoms.